The molecule has 1 aromatic heterocycles. The van der Waals surface area contributed by atoms with Gasteiger partial charge in [-0.1, -0.05) is 37.5 Å². The summed E-state index contributed by atoms with van der Waals surface area (Å²) in [5, 5.41) is 11.0. The number of hydrogen-bond acceptors (Lipinski definition) is 1. The average Bonchev–Trinajstić information content (AvgIpc) is 2.84. The zero-order chi connectivity index (χ0) is 13.2. The first kappa shape index (κ1) is 12.7. The average molecular weight is 257 g/mol. The number of hydrogen-bond donors (Lipinski definition) is 1. The molecule has 1 heterocycles. The van der Waals surface area contributed by atoms with Gasteiger partial charge in [-0.15, -0.1) is 0 Å². The largest absolute Gasteiger partial charge is 0.393 e. The summed E-state index contributed by atoms with van der Waals surface area (Å²) in [4.78, 5) is 0. The van der Waals surface area contributed by atoms with E-state index in [1.807, 2.05) is 6.92 Å². The van der Waals surface area contributed by atoms with E-state index in [-0.39, 0.29) is 6.10 Å². The fraction of sp³-hybridized carbons (Fsp3) is 0.529. The smallest absolute Gasteiger partial charge is 0.0553 e. The van der Waals surface area contributed by atoms with Crippen LogP contribution in [0, 0.1) is 0 Å². The van der Waals surface area contributed by atoms with Gasteiger partial charge in [-0.2, -0.15) is 0 Å². The van der Waals surface area contributed by atoms with Gasteiger partial charge in [0.05, 0.1) is 11.6 Å². The second kappa shape index (κ2) is 5.38. The molecular formula is C17H23NO. The van der Waals surface area contributed by atoms with Crippen molar-refractivity contribution in [2.45, 2.75) is 57.6 Å². The molecular weight excluding hydrogens is 234 g/mol. The van der Waals surface area contributed by atoms with Crippen molar-refractivity contribution in [1.82, 2.24) is 4.57 Å². The molecule has 1 saturated carbocycles. The van der Waals surface area contributed by atoms with Gasteiger partial charge in [0, 0.05) is 18.7 Å². The summed E-state index contributed by atoms with van der Waals surface area (Å²) in [6, 6.07) is 9.32. The van der Waals surface area contributed by atoms with Gasteiger partial charge in [0.2, 0.25) is 0 Å². The first-order valence-corrected chi connectivity index (χ1v) is 7.52. The van der Waals surface area contributed by atoms with E-state index < -0.39 is 0 Å². The Morgan fingerprint density at radius 3 is 2.74 bits per heavy atom. The predicted molar refractivity (Wildman–Crippen MR) is 79.4 cm³/mol. The minimum absolute atomic E-state index is 0.277. The normalized spacial score (nSPS) is 18.8. The molecule has 0 spiro atoms. The van der Waals surface area contributed by atoms with Gasteiger partial charge in [0.25, 0.3) is 0 Å². The lowest BCUT2D eigenvalue weighted by atomic mass is 9.95. The minimum Gasteiger partial charge on any atom is -0.393 e. The molecule has 1 unspecified atom stereocenters. The molecule has 2 heteroatoms. The molecule has 0 aliphatic heterocycles. The summed E-state index contributed by atoms with van der Waals surface area (Å²) in [5.41, 5.74) is 2.62. The lowest BCUT2D eigenvalue weighted by Crippen LogP contribution is -2.13. The van der Waals surface area contributed by atoms with Crippen LogP contribution in [-0.4, -0.2) is 15.8 Å². The van der Waals surface area contributed by atoms with Crippen molar-refractivity contribution in [2.24, 2.45) is 0 Å². The Hall–Kier alpha value is -1.28. The fourth-order valence-electron chi connectivity index (χ4n) is 3.44. The Morgan fingerprint density at radius 2 is 2.00 bits per heavy atom. The molecule has 0 bridgehead atoms. The Bertz CT molecular complexity index is 549. The van der Waals surface area contributed by atoms with E-state index in [4.69, 9.17) is 0 Å². The van der Waals surface area contributed by atoms with Crippen molar-refractivity contribution in [3.8, 4) is 0 Å². The molecule has 1 aliphatic carbocycles. The highest BCUT2D eigenvalue weighted by molar-refractivity contribution is 5.83. The molecule has 1 atom stereocenters. The quantitative estimate of drug-likeness (QED) is 0.881. The Kier molecular flexibility index (Phi) is 3.61. The van der Waals surface area contributed by atoms with Gasteiger partial charge >= 0.3 is 0 Å². The molecule has 1 aliphatic rings. The second-order valence-electron chi connectivity index (χ2n) is 5.92. The Morgan fingerprint density at radius 1 is 1.21 bits per heavy atom. The van der Waals surface area contributed by atoms with Gasteiger partial charge in [0.1, 0.15) is 0 Å². The third kappa shape index (κ3) is 2.55. The van der Waals surface area contributed by atoms with Crippen LogP contribution in [0.2, 0.25) is 0 Å². The minimum atomic E-state index is -0.277. The summed E-state index contributed by atoms with van der Waals surface area (Å²) in [6.07, 6.45) is 9.39. The Labute approximate surface area is 115 Å². The summed E-state index contributed by atoms with van der Waals surface area (Å²) in [6.45, 7) is 1.87. The number of fused-ring (bicyclic) bond motifs is 1. The predicted octanol–water partition coefficient (Wildman–Crippen LogP) is 4.07. The monoisotopic (exact) mass is 257 g/mol. The molecule has 102 valence electrons. The first-order valence-electron chi connectivity index (χ1n) is 7.52. The number of rotatable bonds is 3. The summed E-state index contributed by atoms with van der Waals surface area (Å²) < 4.78 is 2.46. The SMILES string of the molecule is CC(O)Cc1cccc2ccn(C3CCCCC3)c12. The van der Waals surface area contributed by atoms with E-state index in [9.17, 15) is 5.11 Å². The number of benzene rings is 1. The molecule has 3 rings (SSSR count). The number of nitrogens with zero attached hydrogens (tertiary/aromatic N) is 1. The van der Waals surface area contributed by atoms with Crippen molar-refractivity contribution in [2.75, 3.05) is 0 Å². The van der Waals surface area contributed by atoms with Crippen LogP contribution >= 0.6 is 0 Å². The third-order valence-corrected chi connectivity index (χ3v) is 4.31. The number of para-hydroxylation sites is 1. The van der Waals surface area contributed by atoms with Crippen molar-refractivity contribution < 1.29 is 5.11 Å². The highest BCUT2D eigenvalue weighted by Crippen LogP contribution is 2.33. The maximum absolute atomic E-state index is 9.69. The molecule has 0 amide bonds. The summed E-state index contributed by atoms with van der Waals surface area (Å²) in [7, 11) is 0. The summed E-state index contributed by atoms with van der Waals surface area (Å²) >= 11 is 0. The fourth-order valence-corrected chi connectivity index (χ4v) is 3.44. The van der Waals surface area contributed by atoms with E-state index in [0.29, 0.717) is 6.04 Å². The lowest BCUT2D eigenvalue weighted by Gasteiger charge is -2.25. The van der Waals surface area contributed by atoms with Gasteiger partial charge in [-0.05, 0) is 36.8 Å². The molecule has 1 aromatic carbocycles. The van der Waals surface area contributed by atoms with Crippen molar-refractivity contribution >= 4 is 10.9 Å². The van der Waals surface area contributed by atoms with Crippen LogP contribution in [0.25, 0.3) is 10.9 Å². The van der Waals surface area contributed by atoms with Crippen molar-refractivity contribution in [1.29, 1.82) is 0 Å². The maximum Gasteiger partial charge on any atom is 0.0553 e. The van der Waals surface area contributed by atoms with Crippen LogP contribution in [0.4, 0.5) is 0 Å². The van der Waals surface area contributed by atoms with Crippen LogP contribution in [-0.2, 0) is 6.42 Å². The Balaban J connectivity index is 2.03. The van der Waals surface area contributed by atoms with Crippen LogP contribution in [0.5, 0.6) is 0 Å². The van der Waals surface area contributed by atoms with Gasteiger partial charge in [0.15, 0.2) is 0 Å². The van der Waals surface area contributed by atoms with Crippen LogP contribution < -0.4 is 0 Å². The van der Waals surface area contributed by atoms with Gasteiger partial charge in [-0.3, -0.25) is 0 Å². The van der Waals surface area contributed by atoms with Gasteiger partial charge in [-0.25, -0.2) is 0 Å². The maximum atomic E-state index is 9.69. The molecule has 0 radical (unpaired) electrons. The summed E-state index contributed by atoms with van der Waals surface area (Å²) in [5.74, 6) is 0. The van der Waals surface area contributed by atoms with Crippen molar-refractivity contribution in [3.05, 3.63) is 36.0 Å². The van der Waals surface area contributed by atoms with Crippen LogP contribution in [0.1, 0.15) is 50.6 Å². The van der Waals surface area contributed by atoms with Crippen LogP contribution in [0.15, 0.2) is 30.5 Å². The molecule has 0 saturated heterocycles. The standard InChI is InChI=1S/C17H23NO/c1-13(19)12-15-7-5-6-14-10-11-18(17(14)15)16-8-3-2-4-9-16/h5-7,10-11,13,16,19H,2-4,8-9,12H2,1H3. The van der Waals surface area contributed by atoms with Gasteiger partial charge < -0.3 is 9.67 Å². The molecule has 1 fully saturated rings. The second-order valence-corrected chi connectivity index (χ2v) is 5.92. The molecule has 19 heavy (non-hydrogen) atoms. The van der Waals surface area contributed by atoms with Crippen molar-refractivity contribution in [3.63, 3.8) is 0 Å². The molecule has 1 N–H and O–H groups in total. The highest BCUT2D eigenvalue weighted by atomic mass is 16.3. The van der Waals surface area contributed by atoms with E-state index >= 15 is 0 Å². The van der Waals surface area contributed by atoms with E-state index in [1.165, 1.54) is 48.6 Å². The van der Waals surface area contributed by atoms with Crippen LogP contribution in [0.3, 0.4) is 0 Å². The number of aliphatic hydroxyl groups excluding tert-OH is 1. The lowest BCUT2D eigenvalue weighted by molar-refractivity contribution is 0.195. The van der Waals surface area contributed by atoms with E-state index in [0.717, 1.165) is 6.42 Å². The van der Waals surface area contributed by atoms with E-state index in [2.05, 4.69) is 35.0 Å². The topological polar surface area (TPSA) is 25.2 Å². The van der Waals surface area contributed by atoms with E-state index in [1.54, 1.807) is 0 Å². The zero-order valence-electron chi connectivity index (χ0n) is 11.7. The number of aromatic nitrogens is 1. The first-order chi connectivity index (χ1) is 9.25. The molecule has 2 nitrogen and oxygen atoms in total. The third-order valence-electron chi connectivity index (χ3n) is 4.31. The molecule has 2 aromatic rings. The number of aliphatic hydroxyl groups is 1. The highest BCUT2D eigenvalue weighted by Gasteiger charge is 2.18. The zero-order valence-corrected chi connectivity index (χ0v) is 11.7.